The van der Waals surface area contributed by atoms with Crippen LogP contribution in [-0.2, 0) is 11.2 Å². The summed E-state index contributed by atoms with van der Waals surface area (Å²) >= 11 is 3.35. The van der Waals surface area contributed by atoms with Crippen molar-refractivity contribution in [2.45, 2.75) is 25.0 Å². The molecule has 2 heterocycles. The number of hydrogen-bond donors (Lipinski definition) is 2. The van der Waals surface area contributed by atoms with E-state index in [2.05, 4.69) is 21.2 Å². The van der Waals surface area contributed by atoms with E-state index in [1.807, 2.05) is 18.2 Å². The highest BCUT2D eigenvalue weighted by Gasteiger charge is 2.48. The SMILES string of the molecule is CC1(Cc2ccc3c(c2)OCO3)NC(=O)N(CC(O)c2cccc(Br)c2)C1=O. The van der Waals surface area contributed by atoms with Crippen LogP contribution in [0, 0.1) is 0 Å². The Bertz CT molecular complexity index is 950. The van der Waals surface area contributed by atoms with Crippen LogP contribution in [0.4, 0.5) is 4.79 Å². The van der Waals surface area contributed by atoms with Crippen LogP contribution in [0.15, 0.2) is 46.9 Å². The number of rotatable bonds is 5. The second-order valence-corrected chi connectivity index (χ2v) is 8.03. The predicted molar refractivity (Wildman–Crippen MR) is 104 cm³/mol. The Morgan fingerprint density at radius 2 is 2.00 bits per heavy atom. The molecule has 0 bridgehead atoms. The van der Waals surface area contributed by atoms with Gasteiger partial charge in [0.15, 0.2) is 11.5 Å². The first-order valence-corrected chi connectivity index (χ1v) is 9.61. The van der Waals surface area contributed by atoms with Gasteiger partial charge in [-0.05, 0) is 42.3 Å². The molecule has 0 aliphatic carbocycles. The van der Waals surface area contributed by atoms with E-state index in [0.29, 0.717) is 23.5 Å². The number of carbonyl (C=O) groups is 2. The van der Waals surface area contributed by atoms with Crippen LogP contribution >= 0.6 is 15.9 Å². The molecule has 0 aromatic heterocycles. The van der Waals surface area contributed by atoms with Gasteiger partial charge in [0.1, 0.15) is 5.54 Å². The van der Waals surface area contributed by atoms with E-state index >= 15 is 0 Å². The molecule has 2 atom stereocenters. The van der Waals surface area contributed by atoms with Gasteiger partial charge in [-0.25, -0.2) is 4.79 Å². The van der Waals surface area contributed by atoms with Crippen molar-refractivity contribution < 1.29 is 24.2 Å². The highest BCUT2D eigenvalue weighted by molar-refractivity contribution is 9.10. The number of carbonyl (C=O) groups excluding carboxylic acids is 2. The normalized spacial score (nSPS) is 21.8. The van der Waals surface area contributed by atoms with Crippen molar-refractivity contribution in [3.05, 3.63) is 58.1 Å². The van der Waals surface area contributed by atoms with E-state index in [1.165, 1.54) is 0 Å². The largest absolute Gasteiger partial charge is 0.454 e. The lowest BCUT2D eigenvalue weighted by molar-refractivity contribution is -0.131. The maximum atomic E-state index is 13.0. The number of ether oxygens (including phenoxy) is 2. The molecule has 2 N–H and O–H groups in total. The van der Waals surface area contributed by atoms with Gasteiger partial charge in [-0.3, -0.25) is 9.69 Å². The van der Waals surface area contributed by atoms with Crippen LogP contribution in [0.1, 0.15) is 24.2 Å². The lowest BCUT2D eigenvalue weighted by Gasteiger charge is -2.23. The zero-order valence-corrected chi connectivity index (χ0v) is 16.7. The number of aliphatic hydroxyl groups excluding tert-OH is 1. The average molecular weight is 447 g/mol. The number of fused-ring (bicyclic) bond motifs is 1. The fraction of sp³-hybridized carbons (Fsp3) is 0.300. The molecule has 2 unspecified atom stereocenters. The molecule has 0 spiro atoms. The monoisotopic (exact) mass is 446 g/mol. The third-order valence-electron chi connectivity index (χ3n) is 4.93. The summed E-state index contributed by atoms with van der Waals surface area (Å²) in [6.45, 7) is 1.74. The third kappa shape index (κ3) is 3.45. The van der Waals surface area contributed by atoms with Gasteiger partial charge >= 0.3 is 6.03 Å². The average Bonchev–Trinajstić information content (AvgIpc) is 3.19. The minimum atomic E-state index is -1.10. The van der Waals surface area contributed by atoms with Gasteiger partial charge < -0.3 is 19.9 Å². The van der Waals surface area contributed by atoms with Crippen LogP contribution in [0.25, 0.3) is 0 Å². The van der Waals surface area contributed by atoms with Gasteiger partial charge in [0.25, 0.3) is 5.91 Å². The van der Waals surface area contributed by atoms with Crippen molar-refractivity contribution in [1.29, 1.82) is 0 Å². The summed E-state index contributed by atoms with van der Waals surface area (Å²) in [4.78, 5) is 26.5. The molecule has 0 radical (unpaired) electrons. The molecule has 2 aliphatic heterocycles. The summed E-state index contributed by atoms with van der Waals surface area (Å²) in [5.74, 6) is 0.915. The zero-order valence-electron chi connectivity index (χ0n) is 15.1. The predicted octanol–water partition coefficient (Wildman–Crippen LogP) is 2.76. The summed E-state index contributed by atoms with van der Waals surface area (Å²) in [7, 11) is 0. The number of amides is 3. The zero-order chi connectivity index (χ0) is 19.9. The van der Waals surface area contributed by atoms with Crippen molar-refractivity contribution in [3.8, 4) is 11.5 Å². The molecule has 7 nitrogen and oxygen atoms in total. The van der Waals surface area contributed by atoms with Crippen molar-refractivity contribution in [2.24, 2.45) is 0 Å². The quantitative estimate of drug-likeness (QED) is 0.689. The number of β-amino-alcohol motifs (C(OH)–C–C–N with tert-alkyl or cyclic N) is 1. The van der Waals surface area contributed by atoms with Crippen LogP contribution in [-0.4, -0.2) is 40.8 Å². The van der Waals surface area contributed by atoms with Gasteiger partial charge in [-0.2, -0.15) is 0 Å². The van der Waals surface area contributed by atoms with Crippen molar-refractivity contribution in [1.82, 2.24) is 10.2 Å². The molecule has 1 saturated heterocycles. The highest BCUT2D eigenvalue weighted by Crippen LogP contribution is 2.34. The molecule has 4 rings (SSSR count). The standard InChI is InChI=1S/C20H19BrN2O5/c1-20(9-12-5-6-16-17(7-12)28-11-27-16)18(25)23(19(26)22-20)10-15(24)13-3-2-4-14(21)8-13/h2-8,15,24H,9-11H2,1H3,(H,22,26). The summed E-state index contributed by atoms with van der Waals surface area (Å²) in [6, 6.07) is 12.1. The Kier molecular flexibility index (Phi) is 4.76. The number of aliphatic hydroxyl groups is 1. The Balaban J connectivity index is 1.49. The van der Waals surface area contributed by atoms with Crippen LogP contribution in [0.3, 0.4) is 0 Å². The molecule has 0 saturated carbocycles. The molecular formula is C20H19BrN2O5. The summed E-state index contributed by atoms with van der Waals surface area (Å²) < 4.78 is 11.5. The minimum Gasteiger partial charge on any atom is -0.454 e. The van der Waals surface area contributed by atoms with Crippen LogP contribution in [0.2, 0.25) is 0 Å². The molecule has 1 fully saturated rings. The highest BCUT2D eigenvalue weighted by atomic mass is 79.9. The number of benzene rings is 2. The number of imide groups is 1. The van der Waals surface area contributed by atoms with E-state index in [4.69, 9.17) is 9.47 Å². The Labute approximate surface area is 170 Å². The van der Waals surface area contributed by atoms with E-state index in [9.17, 15) is 14.7 Å². The molecule has 2 aliphatic rings. The molecule has 2 aromatic rings. The number of nitrogens with one attached hydrogen (secondary N) is 1. The van der Waals surface area contributed by atoms with Crippen molar-refractivity contribution >= 4 is 27.9 Å². The lowest BCUT2D eigenvalue weighted by atomic mass is 9.92. The number of halogens is 1. The maximum Gasteiger partial charge on any atom is 0.325 e. The smallest absolute Gasteiger partial charge is 0.325 e. The van der Waals surface area contributed by atoms with E-state index < -0.39 is 17.7 Å². The molecule has 8 heteroatoms. The topological polar surface area (TPSA) is 88.1 Å². The van der Waals surface area contributed by atoms with Crippen molar-refractivity contribution in [3.63, 3.8) is 0 Å². The second-order valence-electron chi connectivity index (χ2n) is 7.11. The van der Waals surface area contributed by atoms with Gasteiger partial charge in [0, 0.05) is 10.9 Å². The van der Waals surface area contributed by atoms with Crippen LogP contribution in [0.5, 0.6) is 11.5 Å². The molecule has 2 aromatic carbocycles. The lowest BCUT2D eigenvalue weighted by Crippen LogP contribution is -2.46. The first-order chi connectivity index (χ1) is 13.4. The van der Waals surface area contributed by atoms with E-state index in [-0.39, 0.29) is 19.2 Å². The fourth-order valence-corrected chi connectivity index (χ4v) is 3.90. The summed E-state index contributed by atoms with van der Waals surface area (Å²) in [6.07, 6.45) is -0.669. The molecular weight excluding hydrogens is 428 g/mol. The van der Waals surface area contributed by atoms with Gasteiger partial charge in [0.2, 0.25) is 6.79 Å². The summed E-state index contributed by atoms with van der Waals surface area (Å²) in [5.41, 5.74) is 0.371. The van der Waals surface area contributed by atoms with Crippen LogP contribution < -0.4 is 14.8 Å². The molecule has 3 amide bonds. The third-order valence-corrected chi connectivity index (χ3v) is 5.42. The summed E-state index contributed by atoms with van der Waals surface area (Å²) in [5, 5.41) is 13.2. The second kappa shape index (κ2) is 7.10. The Hall–Kier alpha value is -2.58. The number of hydrogen-bond acceptors (Lipinski definition) is 5. The first kappa shape index (κ1) is 18.8. The fourth-order valence-electron chi connectivity index (χ4n) is 3.48. The van der Waals surface area contributed by atoms with E-state index in [1.54, 1.807) is 31.2 Å². The Morgan fingerprint density at radius 1 is 1.21 bits per heavy atom. The molecule has 146 valence electrons. The first-order valence-electron chi connectivity index (χ1n) is 8.82. The van der Waals surface area contributed by atoms with Gasteiger partial charge in [-0.1, -0.05) is 34.1 Å². The maximum absolute atomic E-state index is 13.0. The number of nitrogens with zero attached hydrogens (tertiary/aromatic N) is 1. The van der Waals surface area contributed by atoms with Gasteiger partial charge in [0.05, 0.1) is 12.6 Å². The number of urea groups is 1. The van der Waals surface area contributed by atoms with Crippen molar-refractivity contribution in [2.75, 3.05) is 13.3 Å². The van der Waals surface area contributed by atoms with Gasteiger partial charge in [-0.15, -0.1) is 0 Å². The Morgan fingerprint density at radius 3 is 2.79 bits per heavy atom. The minimum absolute atomic E-state index is 0.113. The molecule has 28 heavy (non-hydrogen) atoms. The van der Waals surface area contributed by atoms with E-state index in [0.717, 1.165) is 14.9 Å².